The normalized spacial score (nSPS) is 12.2. The van der Waals surface area contributed by atoms with Gasteiger partial charge in [0.2, 0.25) is 0 Å². The van der Waals surface area contributed by atoms with E-state index in [4.69, 9.17) is 5.26 Å². The van der Waals surface area contributed by atoms with Crippen LogP contribution in [0.25, 0.3) is 0 Å². The average Bonchev–Trinajstić information content (AvgIpc) is 2.31. The van der Waals surface area contributed by atoms with Gasteiger partial charge in [0.15, 0.2) is 0 Å². The first-order valence-corrected chi connectivity index (χ1v) is 5.98. The Hall–Kier alpha value is -1.49. The fourth-order valence-electron chi connectivity index (χ4n) is 2.06. The molecular formula is C14H20N2. The van der Waals surface area contributed by atoms with Gasteiger partial charge >= 0.3 is 0 Å². The van der Waals surface area contributed by atoms with Crippen LogP contribution in [0.15, 0.2) is 24.3 Å². The molecule has 0 aromatic heterocycles. The highest BCUT2D eigenvalue weighted by molar-refractivity contribution is 5.49. The highest BCUT2D eigenvalue weighted by Gasteiger charge is 2.12. The molecule has 0 saturated carbocycles. The minimum absolute atomic E-state index is 0.448. The molecule has 0 saturated heterocycles. The Kier molecular flexibility index (Phi) is 4.85. The third-order valence-electron chi connectivity index (χ3n) is 3.14. The Morgan fingerprint density at radius 2 is 2.00 bits per heavy atom. The van der Waals surface area contributed by atoms with E-state index in [-0.39, 0.29) is 0 Å². The van der Waals surface area contributed by atoms with Gasteiger partial charge in [0.25, 0.3) is 0 Å². The van der Waals surface area contributed by atoms with Crippen molar-refractivity contribution in [1.82, 2.24) is 0 Å². The summed E-state index contributed by atoms with van der Waals surface area (Å²) in [5.41, 5.74) is 1.75. The zero-order valence-corrected chi connectivity index (χ0v) is 10.3. The quantitative estimate of drug-likeness (QED) is 0.812. The van der Waals surface area contributed by atoms with E-state index < -0.39 is 0 Å². The lowest BCUT2D eigenvalue weighted by Gasteiger charge is -2.23. The average molecular weight is 216 g/mol. The second kappa shape index (κ2) is 6.17. The Bertz CT molecular complexity index is 361. The van der Waals surface area contributed by atoms with Gasteiger partial charge in [-0.15, -0.1) is 0 Å². The van der Waals surface area contributed by atoms with Gasteiger partial charge in [-0.05, 0) is 31.0 Å². The summed E-state index contributed by atoms with van der Waals surface area (Å²) in [7, 11) is 0. The molecule has 0 heterocycles. The van der Waals surface area contributed by atoms with Crippen LogP contribution in [0.2, 0.25) is 0 Å². The Labute approximate surface area is 98.3 Å². The van der Waals surface area contributed by atoms with E-state index >= 15 is 0 Å². The number of nitrogens with one attached hydrogen (secondary N) is 1. The molecule has 0 spiro atoms. The van der Waals surface area contributed by atoms with Crippen molar-refractivity contribution >= 4 is 5.69 Å². The number of hydrogen-bond acceptors (Lipinski definition) is 2. The number of hydrogen-bond donors (Lipinski definition) is 1. The third-order valence-corrected chi connectivity index (χ3v) is 3.14. The van der Waals surface area contributed by atoms with E-state index in [1.165, 1.54) is 12.8 Å². The molecule has 0 radical (unpaired) electrons. The van der Waals surface area contributed by atoms with Gasteiger partial charge in [0, 0.05) is 11.7 Å². The molecule has 1 N–H and O–H groups in total. The van der Waals surface area contributed by atoms with Crippen LogP contribution in [0.1, 0.15) is 39.2 Å². The van der Waals surface area contributed by atoms with Crippen LogP contribution in [0, 0.1) is 17.2 Å². The molecule has 0 aliphatic rings. The van der Waals surface area contributed by atoms with Gasteiger partial charge in [-0.3, -0.25) is 0 Å². The summed E-state index contributed by atoms with van der Waals surface area (Å²) in [6.45, 7) is 6.65. The predicted molar refractivity (Wildman–Crippen MR) is 68.3 cm³/mol. The third kappa shape index (κ3) is 3.27. The van der Waals surface area contributed by atoms with Crippen molar-refractivity contribution in [2.75, 3.05) is 5.32 Å². The van der Waals surface area contributed by atoms with Gasteiger partial charge in [-0.1, -0.05) is 32.8 Å². The molecule has 86 valence electrons. The fraction of sp³-hybridized carbons (Fsp3) is 0.500. The highest BCUT2D eigenvalue weighted by atomic mass is 14.9. The van der Waals surface area contributed by atoms with Crippen molar-refractivity contribution in [3.63, 3.8) is 0 Å². The maximum absolute atomic E-state index is 8.82. The summed E-state index contributed by atoms with van der Waals surface area (Å²) in [6, 6.07) is 10.3. The number of nitriles is 1. The van der Waals surface area contributed by atoms with Crippen LogP contribution in [0.3, 0.4) is 0 Å². The first kappa shape index (κ1) is 12.6. The van der Waals surface area contributed by atoms with Gasteiger partial charge < -0.3 is 5.32 Å². The second-order valence-corrected chi connectivity index (χ2v) is 4.20. The lowest BCUT2D eigenvalue weighted by Crippen LogP contribution is -2.24. The van der Waals surface area contributed by atoms with Crippen LogP contribution in [0.5, 0.6) is 0 Å². The van der Waals surface area contributed by atoms with Crippen LogP contribution in [-0.4, -0.2) is 6.04 Å². The minimum atomic E-state index is 0.448. The first-order chi connectivity index (χ1) is 7.71. The van der Waals surface area contributed by atoms with Crippen LogP contribution >= 0.6 is 0 Å². The SMILES string of the molecule is CCC(CC)C(C)Nc1cccc(C#N)c1. The standard InChI is InChI=1S/C14H20N2/c1-4-13(5-2)11(3)16-14-8-6-7-12(9-14)10-15/h6-9,11,13,16H,4-5H2,1-3H3. The summed E-state index contributed by atoms with van der Waals surface area (Å²) >= 11 is 0. The van der Waals surface area contributed by atoms with Crippen molar-refractivity contribution in [1.29, 1.82) is 5.26 Å². The summed E-state index contributed by atoms with van der Waals surface area (Å²) in [6.07, 6.45) is 2.37. The lowest BCUT2D eigenvalue weighted by molar-refractivity contribution is 0.438. The molecule has 0 aliphatic carbocycles. The second-order valence-electron chi connectivity index (χ2n) is 4.20. The van der Waals surface area contributed by atoms with Crippen molar-refractivity contribution in [3.8, 4) is 6.07 Å². The molecule has 0 aliphatic heterocycles. The molecule has 1 aromatic carbocycles. The summed E-state index contributed by atoms with van der Waals surface area (Å²) in [5, 5.41) is 12.3. The molecular weight excluding hydrogens is 196 g/mol. The van der Waals surface area contributed by atoms with Crippen molar-refractivity contribution in [3.05, 3.63) is 29.8 Å². The van der Waals surface area contributed by atoms with E-state index in [2.05, 4.69) is 32.2 Å². The van der Waals surface area contributed by atoms with E-state index in [0.717, 1.165) is 5.69 Å². The maximum Gasteiger partial charge on any atom is 0.0992 e. The van der Waals surface area contributed by atoms with Crippen LogP contribution in [-0.2, 0) is 0 Å². The van der Waals surface area contributed by atoms with Gasteiger partial charge in [0.1, 0.15) is 0 Å². The van der Waals surface area contributed by atoms with Crippen LogP contribution < -0.4 is 5.32 Å². The van der Waals surface area contributed by atoms with Crippen molar-refractivity contribution in [2.45, 2.75) is 39.7 Å². The van der Waals surface area contributed by atoms with Gasteiger partial charge in [-0.2, -0.15) is 5.26 Å². The van der Waals surface area contributed by atoms with Crippen LogP contribution in [0.4, 0.5) is 5.69 Å². The Balaban J connectivity index is 2.69. The number of nitrogens with zero attached hydrogens (tertiary/aromatic N) is 1. The summed E-state index contributed by atoms with van der Waals surface area (Å²) in [5.74, 6) is 0.686. The van der Waals surface area contributed by atoms with E-state index in [1.54, 1.807) is 0 Å². The zero-order valence-electron chi connectivity index (χ0n) is 10.3. The zero-order chi connectivity index (χ0) is 12.0. The predicted octanol–water partition coefficient (Wildman–Crippen LogP) is 3.79. The molecule has 0 amide bonds. The van der Waals surface area contributed by atoms with Gasteiger partial charge in [-0.25, -0.2) is 0 Å². The van der Waals surface area contributed by atoms with Crippen molar-refractivity contribution in [2.24, 2.45) is 5.92 Å². The Morgan fingerprint density at radius 3 is 2.56 bits per heavy atom. The summed E-state index contributed by atoms with van der Waals surface area (Å²) in [4.78, 5) is 0. The number of benzene rings is 1. The fourth-order valence-corrected chi connectivity index (χ4v) is 2.06. The first-order valence-electron chi connectivity index (χ1n) is 5.98. The molecule has 1 atom stereocenters. The molecule has 16 heavy (non-hydrogen) atoms. The smallest absolute Gasteiger partial charge is 0.0992 e. The number of rotatable bonds is 5. The van der Waals surface area contributed by atoms with Gasteiger partial charge in [0.05, 0.1) is 11.6 Å². The van der Waals surface area contributed by atoms with E-state index in [1.807, 2.05) is 24.3 Å². The minimum Gasteiger partial charge on any atom is -0.382 e. The maximum atomic E-state index is 8.82. The molecule has 0 fully saturated rings. The molecule has 2 heteroatoms. The highest BCUT2D eigenvalue weighted by Crippen LogP contribution is 2.18. The van der Waals surface area contributed by atoms with E-state index in [9.17, 15) is 0 Å². The largest absolute Gasteiger partial charge is 0.382 e. The summed E-state index contributed by atoms with van der Waals surface area (Å²) < 4.78 is 0. The molecule has 1 unspecified atom stereocenters. The van der Waals surface area contributed by atoms with Crippen molar-refractivity contribution < 1.29 is 0 Å². The molecule has 2 nitrogen and oxygen atoms in total. The molecule has 1 aromatic rings. The molecule has 0 bridgehead atoms. The monoisotopic (exact) mass is 216 g/mol. The Morgan fingerprint density at radius 1 is 1.31 bits per heavy atom. The lowest BCUT2D eigenvalue weighted by atomic mass is 9.95. The number of anilines is 1. The topological polar surface area (TPSA) is 35.8 Å². The molecule has 1 rings (SSSR count). The van der Waals surface area contributed by atoms with E-state index in [0.29, 0.717) is 17.5 Å².